The lowest BCUT2D eigenvalue weighted by atomic mass is 9.70. The van der Waals surface area contributed by atoms with Crippen LogP contribution in [-0.2, 0) is 5.41 Å². The third kappa shape index (κ3) is 2.07. The maximum Gasteiger partial charge on any atom is 0.0725 e. The van der Waals surface area contributed by atoms with E-state index >= 15 is 0 Å². The van der Waals surface area contributed by atoms with E-state index in [0.717, 1.165) is 0 Å². The zero-order chi connectivity index (χ0) is 21.3. The van der Waals surface area contributed by atoms with Gasteiger partial charge in [-0.05, 0) is 74.2 Å². The zero-order valence-corrected chi connectivity index (χ0v) is 18.0. The minimum atomic E-state index is -0.269. The number of rotatable bonds is 1. The second kappa shape index (κ2) is 6.31. The molecule has 1 spiro atoms. The van der Waals surface area contributed by atoms with Crippen LogP contribution < -0.4 is 0 Å². The van der Waals surface area contributed by atoms with E-state index in [1.807, 2.05) is 0 Å². The minimum absolute atomic E-state index is 0.269. The van der Waals surface area contributed by atoms with Crippen LogP contribution in [0.15, 0.2) is 115 Å². The Bertz CT molecular complexity index is 1520. The smallest absolute Gasteiger partial charge is 0.0622 e. The summed E-state index contributed by atoms with van der Waals surface area (Å²) in [5.41, 5.74) is 14.7. The Morgan fingerprint density at radius 2 is 1.06 bits per heavy atom. The first-order chi connectivity index (χ1) is 15.8. The molecule has 2 aliphatic carbocycles. The largest absolute Gasteiger partial charge is 0.0725 e. The second-order valence-electron chi connectivity index (χ2n) is 8.97. The topological polar surface area (TPSA) is 0 Å². The summed E-state index contributed by atoms with van der Waals surface area (Å²) in [6, 6.07) is 42.6. The van der Waals surface area contributed by atoms with Crippen molar-refractivity contribution in [1.82, 2.24) is 0 Å². The quantitative estimate of drug-likeness (QED) is 0.259. The van der Waals surface area contributed by atoms with Gasteiger partial charge in [-0.3, -0.25) is 0 Å². The van der Waals surface area contributed by atoms with Gasteiger partial charge in [-0.15, -0.1) is 0 Å². The molecule has 0 bridgehead atoms. The molecule has 7 rings (SSSR count). The molecule has 0 heterocycles. The highest BCUT2D eigenvalue weighted by Gasteiger charge is 2.51. The Kier molecular flexibility index (Phi) is 3.50. The minimum Gasteiger partial charge on any atom is -0.0622 e. The third-order valence-corrected chi connectivity index (χ3v) is 7.43. The van der Waals surface area contributed by atoms with Crippen LogP contribution in [0.4, 0.5) is 0 Å². The summed E-state index contributed by atoms with van der Waals surface area (Å²) in [6.45, 7) is 2.25. The number of fused-ring (bicyclic) bond motifs is 10. The lowest BCUT2D eigenvalue weighted by Crippen LogP contribution is -2.25. The molecule has 32 heavy (non-hydrogen) atoms. The van der Waals surface area contributed by atoms with Gasteiger partial charge in [0.2, 0.25) is 0 Å². The van der Waals surface area contributed by atoms with Gasteiger partial charge in [-0.2, -0.15) is 0 Å². The van der Waals surface area contributed by atoms with E-state index in [-0.39, 0.29) is 5.41 Å². The van der Waals surface area contributed by atoms with E-state index in [4.69, 9.17) is 0 Å². The van der Waals surface area contributed by atoms with Gasteiger partial charge in [0.05, 0.1) is 5.41 Å². The number of benzene rings is 5. The fourth-order valence-corrected chi connectivity index (χ4v) is 6.18. The zero-order valence-electron chi connectivity index (χ0n) is 18.0. The summed E-state index contributed by atoms with van der Waals surface area (Å²) in [7, 11) is 0. The summed E-state index contributed by atoms with van der Waals surface area (Å²) in [5, 5.41) is 0. The first-order valence-electron chi connectivity index (χ1n) is 11.3. The first-order valence-corrected chi connectivity index (χ1v) is 11.3. The predicted molar refractivity (Wildman–Crippen MR) is 133 cm³/mol. The van der Waals surface area contributed by atoms with Crippen LogP contribution in [0.3, 0.4) is 0 Å². The molecule has 0 N–H and O–H groups in total. The molecular formula is C32H22. The van der Waals surface area contributed by atoms with Crippen LogP contribution in [0.5, 0.6) is 0 Å². The van der Waals surface area contributed by atoms with Gasteiger partial charge in [-0.1, -0.05) is 109 Å². The summed E-state index contributed by atoms with van der Waals surface area (Å²) in [5.74, 6) is 0. The van der Waals surface area contributed by atoms with Gasteiger partial charge < -0.3 is 0 Å². The van der Waals surface area contributed by atoms with Crippen LogP contribution in [0, 0.1) is 6.92 Å². The fraction of sp³-hybridized carbons (Fsp3) is 0.0625. The Balaban J connectivity index is 1.66. The van der Waals surface area contributed by atoms with Crippen LogP contribution in [0.2, 0.25) is 0 Å². The van der Waals surface area contributed by atoms with Gasteiger partial charge in [0, 0.05) is 0 Å². The Labute approximate surface area is 188 Å². The molecule has 5 aromatic rings. The van der Waals surface area contributed by atoms with Gasteiger partial charge in [0.15, 0.2) is 0 Å². The average molecular weight is 407 g/mol. The lowest BCUT2D eigenvalue weighted by molar-refractivity contribution is 0.793. The Morgan fingerprint density at radius 1 is 0.438 bits per heavy atom. The maximum absolute atomic E-state index is 2.44. The Morgan fingerprint density at radius 3 is 1.88 bits per heavy atom. The summed E-state index contributed by atoms with van der Waals surface area (Å²) in [6.07, 6.45) is 0. The van der Waals surface area contributed by atoms with E-state index in [1.54, 1.807) is 0 Å². The molecule has 0 saturated heterocycles. The Hall–Kier alpha value is -3.90. The van der Waals surface area contributed by atoms with Crippen molar-refractivity contribution in [3.63, 3.8) is 0 Å². The number of hydrogen-bond donors (Lipinski definition) is 0. The van der Waals surface area contributed by atoms with Crippen LogP contribution in [0.25, 0.3) is 33.4 Å². The van der Waals surface area contributed by atoms with Gasteiger partial charge in [-0.25, -0.2) is 0 Å². The van der Waals surface area contributed by atoms with Crippen molar-refractivity contribution in [3.05, 3.63) is 143 Å². The normalized spacial score (nSPS) is 17.0. The molecule has 2 aliphatic rings. The van der Waals surface area contributed by atoms with Crippen molar-refractivity contribution in [2.24, 2.45) is 0 Å². The molecule has 0 aliphatic heterocycles. The van der Waals surface area contributed by atoms with Crippen LogP contribution >= 0.6 is 0 Å². The van der Waals surface area contributed by atoms with Crippen molar-refractivity contribution >= 4 is 0 Å². The monoisotopic (exact) mass is 406 g/mol. The van der Waals surface area contributed by atoms with Gasteiger partial charge in [0.1, 0.15) is 0 Å². The molecule has 0 radical (unpaired) electrons. The number of aryl methyl sites for hydroxylation is 1. The standard InChI is InChI=1S/C32H22/c1-21-10-9-17-29-31(21)26-14-6-8-16-28(26)32(29)27-15-7-5-13-24(27)25-19-18-23(20-30(25)32)22-11-3-2-4-12-22/h2-20H,1H3. The summed E-state index contributed by atoms with van der Waals surface area (Å²) >= 11 is 0. The molecule has 1 unspecified atom stereocenters. The number of hydrogen-bond acceptors (Lipinski definition) is 0. The van der Waals surface area contributed by atoms with Gasteiger partial charge >= 0.3 is 0 Å². The van der Waals surface area contributed by atoms with E-state index in [1.165, 1.54) is 61.2 Å². The fourth-order valence-electron chi connectivity index (χ4n) is 6.18. The second-order valence-corrected chi connectivity index (χ2v) is 8.97. The third-order valence-electron chi connectivity index (χ3n) is 7.43. The van der Waals surface area contributed by atoms with E-state index in [2.05, 4.69) is 122 Å². The predicted octanol–water partition coefficient (Wildman–Crippen LogP) is 8.01. The highest BCUT2D eigenvalue weighted by molar-refractivity contribution is 5.96. The lowest BCUT2D eigenvalue weighted by Gasteiger charge is -2.30. The van der Waals surface area contributed by atoms with E-state index in [0.29, 0.717) is 0 Å². The van der Waals surface area contributed by atoms with Crippen molar-refractivity contribution < 1.29 is 0 Å². The van der Waals surface area contributed by atoms with E-state index in [9.17, 15) is 0 Å². The van der Waals surface area contributed by atoms with E-state index < -0.39 is 0 Å². The van der Waals surface area contributed by atoms with Crippen molar-refractivity contribution in [2.75, 3.05) is 0 Å². The highest BCUT2D eigenvalue weighted by atomic mass is 14.5. The summed E-state index contributed by atoms with van der Waals surface area (Å²) < 4.78 is 0. The average Bonchev–Trinajstić information content (AvgIpc) is 3.32. The van der Waals surface area contributed by atoms with Crippen molar-refractivity contribution in [2.45, 2.75) is 12.3 Å². The molecule has 0 nitrogen and oxygen atoms in total. The molecule has 1 atom stereocenters. The molecule has 150 valence electrons. The molecule has 0 aromatic heterocycles. The van der Waals surface area contributed by atoms with Crippen LogP contribution in [-0.4, -0.2) is 0 Å². The van der Waals surface area contributed by atoms with Crippen LogP contribution in [0.1, 0.15) is 27.8 Å². The van der Waals surface area contributed by atoms with Gasteiger partial charge in [0.25, 0.3) is 0 Å². The molecule has 0 amide bonds. The molecule has 0 heteroatoms. The maximum atomic E-state index is 2.44. The molecule has 5 aromatic carbocycles. The van der Waals surface area contributed by atoms with Crippen molar-refractivity contribution in [3.8, 4) is 33.4 Å². The molecule has 0 fully saturated rings. The molecular weight excluding hydrogens is 384 g/mol. The first kappa shape index (κ1) is 17.7. The SMILES string of the molecule is Cc1cccc2c1-c1ccccc1C21c2ccccc2-c2ccc(-c3ccccc3)cc21. The highest BCUT2D eigenvalue weighted by Crippen LogP contribution is 2.63. The summed E-state index contributed by atoms with van der Waals surface area (Å²) in [4.78, 5) is 0. The molecule has 0 saturated carbocycles. The van der Waals surface area contributed by atoms with Crippen molar-refractivity contribution in [1.29, 1.82) is 0 Å².